The monoisotopic (exact) mass is 252 g/mol. The molecule has 0 aliphatic carbocycles. The van der Waals surface area contributed by atoms with Gasteiger partial charge in [0.25, 0.3) is 0 Å². The molecule has 102 valence electrons. The molecule has 0 unspecified atom stereocenters. The molecular weight excluding hydrogens is 228 g/mol. The highest BCUT2D eigenvalue weighted by atomic mass is 16.5. The Morgan fingerprint density at radius 2 is 1.78 bits per heavy atom. The zero-order valence-corrected chi connectivity index (χ0v) is 11.8. The molecule has 1 aromatic heterocycles. The van der Waals surface area contributed by atoms with Crippen molar-refractivity contribution in [2.24, 2.45) is 0 Å². The second kappa shape index (κ2) is 6.42. The Labute approximate surface area is 109 Å². The van der Waals surface area contributed by atoms with Crippen LogP contribution in [0, 0.1) is 0 Å². The van der Waals surface area contributed by atoms with Gasteiger partial charge in [-0.15, -0.1) is 0 Å². The van der Waals surface area contributed by atoms with Crippen LogP contribution in [0.1, 0.15) is 47.0 Å². The van der Waals surface area contributed by atoms with E-state index in [2.05, 4.69) is 36.1 Å². The number of nitrogens with zero attached hydrogens (tertiary/aromatic N) is 2. The first-order valence-electron chi connectivity index (χ1n) is 6.63. The number of nitrogens with two attached hydrogens (primary N) is 1. The van der Waals surface area contributed by atoms with Crippen molar-refractivity contribution in [3.05, 3.63) is 6.33 Å². The average Bonchev–Trinajstić information content (AvgIpc) is 2.41. The lowest BCUT2D eigenvalue weighted by atomic mass is 9.90. The Kier molecular flexibility index (Phi) is 5.19. The molecule has 3 N–H and O–H groups in total. The van der Waals surface area contributed by atoms with Crippen molar-refractivity contribution in [2.45, 2.75) is 52.5 Å². The van der Waals surface area contributed by atoms with E-state index in [1.165, 1.54) is 6.33 Å². The molecule has 0 aromatic carbocycles. The minimum absolute atomic E-state index is 0.0337. The van der Waals surface area contributed by atoms with E-state index in [1.54, 1.807) is 0 Å². The number of hydrogen-bond acceptors (Lipinski definition) is 5. The Hall–Kier alpha value is -1.52. The maximum absolute atomic E-state index is 6.03. The summed E-state index contributed by atoms with van der Waals surface area (Å²) in [4.78, 5) is 8.26. The van der Waals surface area contributed by atoms with Crippen molar-refractivity contribution in [1.82, 2.24) is 9.97 Å². The van der Waals surface area contributed by atoms with Gasteiger partial charge in [-0.2, -0.15) is 4.98 Å². The first kappa shape index (κ1) is 14.5. The van der Waals surface area contributed by atoms with Crippen LogP contribution >= 0.6 is 0 Å². The van der Waals surface area contributed by atoms with Crippen molar-refractivity contribution < 1.29 is 4.74 Å². The van der Waals surface area contributed by atoms with Crippen LogP contribution < -0.4 is 15.8 Å². The van der Waals surface area contributed by atoms with Crippen LogP contribution in [0.4, 0.5) is 11.5 Å². The molecule has 0 spiro atoms. The molecule has 1 rings (SSSR count). The van der Waals surface area contributed by atoms with Gasteiger partial charge < -0.3 is 15.8 Å². The molecule has 0 saturated heterocycles. The van der Waals surface area contributed by atoms with E-state index in [0.717, 1.165) is 19.3 Å². The largest absolute Gasteiger partial charge is 0.476 e. The fourth-order valence-electron chi connectivity index (χ4n) is 2.00. The predicted molar refractivity (Wildman–Crippen MR) is 74.8 cm³/mol. The maximum Gasteiger partial charge on any atom is 0.242 e. The molecule has 0 saturated carbocycles. The predicted octanol–water partition coefficient (Wildman–Crippen LogP) is 2.84. The molecule has 0 bridgehead atoms. The number of nitrogens with one attached hydrogen (secondary N) is 1. The van der Waals surface area contributed by atoms with Gasteiger partial charge in [0.05, 0.1) is 6.61 Å². The van der Waals surface area contributed by atoms with E-state index in [0.29, 0.717) is 24.0 Å². The molecule has 1 heterocycles. The highest BCUT2D eigenvalue weighted by Crippen LogP contribution is 2.30. The fraction of sp³-hybridized carbons (Fsp3) is 0.692. The third-order valence-corrected chi connectivity index (χ3v) is 3.54. The van der Waals surface area contributed by atoms with E-state index in [9.17, 15) is 0 Å². The number of aromatic nitrogens is 2. The SMILES string of the molecule is CCOc1ncnc(NC(CC)(CC)CC)c1N. The van der Waals surface area contributed by atoms with E-state index in [4.69, 9.17) is 10.5 Å². The molecule has 0 aliphatic rings. The molecule has 1 aromatic rings. The van der Waals surface area contributed by atoms with Gasteiger partial charge in [0.2, 0.25) is 5.88 Å². The average molecular weight is 252 g/mol. The van der Waals surface area contributed by atoms with Crippen molar-refractivity contribution >= 4 is 11.5 Å². The molecule has 5 nitrogen and oxygen atoms in total. The van der Waals surface area contributed by atoms with Gasteiger partial charge in [0.1, 0.15) is 12.0 Å². The van der Waals surface area contributed by atoms with Gasteiger partial charge >= 0.3 is 0 Å². The highest BCUT2D eigenvalue weighted by Gasteiger charge is 2.25. The number of rotatable bonds is 7. The minimum atomic E-state index is 0.0337. The van der Waals surface area contributed by atoms with Gasteiger partial charge in [-0.3, -0.25) is 0 Å². The lowest BCUT2D eigenvalue weighted by Gasteiger charge is -2.32. The first-order valence-corrected chi connectivity index (χ1v) is 6.63. The number of nitrogen functional groups attached to an aromatic ring is 1. The molecule has 5 heteroatoms. The van der Waals surface area contributed by atoms with Crippen LogP contribution in [-0.2, 0) is 0 Å². The van der Waals surface area contributed by atoms with Gasteiger partial charge in [0, 0.05) is 5.54 Å². The standard InChI is InChI=1S/C13H24N4O/c1-5-13(6-2,7-3)17-11-10(14)12(18-8-4)16-9-15-11/h9H,5-8,14H2,1-4H3,(H,15,16,17). The maximum atomic E-state index is 6.03. The van der Waals surface area contributed by atoms with Gasteiger partial charge in [-0.05, 0) is 26.2 Å². The smallest absolute Gasteiger partial charge is 0.242 e. The van der Waals surface area contributed by atoms with E-state index in [1.807, 2.05) is 6.92 Å². The number of anilines is 2. The lowest BCUT2D eigenvalue weighted by molar-refractivity contribution is 0.328. The Balaban J connectivity index is 2.99. The Morgan fingerprint density at radius 3 is 2.28 bits per heavy atom. The summed E-state index contributed by atoms with van der Waals surface area (Å²) in [6, 6.07) is 0. The summed E-state index contributed by atoms with van der Waals surface area (Å²) in [6.07, 6.45) is 4.55. The molecule has 0 atom stereocenters. The van der Waals surface area contributed by atoms with Crippen LogP contribution in [0.3, 0.4) is 0 Å². The summed E-state index contributed by atoms with van der Waals surface area (Å²) in [6.45, 7) is 8.95. The second-order valence-electron chi connectivity index (χ2n) is 4.34. The van der Waals surface area contributed by atoms with E-state index < -0.39 is 0 Å². The minimum Gasteiger partial charge on any atom is -0.476 e. The van der Waals surface area contributed by atoms with Crippen LogP contribution in [0.5, 0.6) is 5.88 Å². The van der Waals surface area contributed by atoms with E-state index in [-0.39, 0.29) is 5.54 Å². The van der Waals surface area contributed by atoms with Crippen LogP contribution in [0.2, 0.25) is 0 Å². The third kappa shape index (κ3) is 3.03. The van der Waals surface area contributed by atoms with Crippen LogP contribution in [-0.4, -0.2) is 22.1 Å². The van der Waals surface area contributed by atoms with Crippen LogP contribution in [0.25, 0.3) is 0 Å². The van der Waals surface area contributed by atoms with Gasteiger partial charge in [0.15, 0.2) is 5.82 Å². The zero-order valence-electron chi connectivity index (χ0n) is 11.8. The Bertz CT molecular complexity index is 369. The van der Waals surface area contributed by atoms with Crippen molar-refractivity contribution in [1.29, 1.82) is 0 Å². The molecule has 0 aliphatic heterocycles. The summed E-state index contributed by atoms with van der Waals surface area (Å²) in [5.41, 5.74) is 6.55. The van der Waals surface area contributed by atoms with Crippen LogP contribution in [0.15, 0.2) is 6.33 Å². The fourth-order valence-corrected chi connectivity index (χ4v) is 2.00. The molecule has 0 amide bonds. The van der Waals surface area contributed by atoms with Gasteiger partial charge in [-0.1, -0.05) is 20.8 Å². The molecule has 0 fully saturated rings. The summed E-state index contributed by atoms with van der Waals surface area (Å²) < 4.78 is 5.38. The summed E-state index contributed by atoms with van der Waals surface area (Å²) in [5, 5.41) is 3.45. The normalized spacial score (nSPS) is 11.3. The van der Waals surface area contributed by atoms with E-state index >= 15 is 0 Å². The van der Waals surface area contributed by atoms with Crippen molar-refractivity contribution in [2.75, 3.05) is 17.7 Å². The summed E-state index contributed by atoms with van der Waals surface area (Å²) in [7, 11) is 0. The van der Waals surface area contributed by atoms with Crippen molar-refractivity contribution in [3.63, 3.8) is 0 Å². The zero-order chi connectivity index (χ0) is 13.6. The number of hydrogen-bond donors (Lipinski definition) is 2. The summed E-state index contributed by atoms with van der Waals surface area (Å²) >= 11 is 0. The first-order chi connectivity index (χ1) is 8.62. The molecular formula is C13H24N4O. The second-order valence-corrected chi connectivity index (χ2v) is 4.34. The topological polar surface area (TPSA) is 73.1 Å². The highest BCUT2D eigenvalue weighted by molar-refractivity contribution is 5.67. The summed E-state index contributed by atoms with van der Waals surface area (Å²) in [5.74, 6) is 1.12. The Morgan fingerprint density at radius 1 is 1.17 bits per heavy atom. The molecule has 18 heavy (non-hydrogen) atoms. The molecule has 0 radical (unpaired) electrons. The number of ether oxygens (including phenoxy) is 1. The lowest BCUT2D eigenvalue weighted by Crippen LogP contribution is -2.36. The van der Waals surface area contributed by atoms with Crippen molar-refractivity contribution in [3.8, 4) is 5.88 Å². The third-order valence-electron chi connectivity index (χ3n) is 3.54. The quantitative estimate of drug-likeness (QED) is 0.780. The van der Waals surface area contributed by atoms with Gasteiger partial charge in [-0.25, -0.2) is 4.98 Å².